The van der Waals surface area contributed by atoms with Crippen LogP contribution in [0.4, 0.5) is 11.4 Å². The monoisotopic (exact) mass is 421 g/mol. The molecule has 0 saturated carbocycles. The molecule has 1 aromatic rings. The number of anilines is 2. The number of nitrogens with one attached hydrogen (secondary N) is 1. The van der Waals surface area contributed by atoms with Crippen molar-refractivity contribution in [2.45, 2.75) is 38.0 Å². The zero-order valence-corrected chi connectivity index (χ0v) is 18.1. The average Bonchev–Trinajstić information content (AvgIpc) is 3.23. The van der Waals surface area contributed by atoms with Crippen LogP contribution in [0.2, 0.25) is 0 Å². The number of amides is 1. The molecule has 0 aromatic heterocycles. The summed E-state index contributed by atoms with van der Waals surface area (Å²) in [5.74, 6) is 0.169. The summed E-state index contributed by atoms with van der Waals surface area (Å²) in [6, 6.07) is 5.03. The summed E-state index contributed by atoms with van der Waals surface area (Å²) >= 11 is 0. The van der Waals surface area contributed by atoms with Crippen molar-refractivity contribution in [2.75, 3.05) is 49.6 Å². The summed E-state index contributed by atoms with van der Waals surface area (Å²) in [4.78, 5) is 15.0. The Kier molecular flexibility index (Phi) is 7.32. The summed E-state index contributed by atoms with van der Waals surface area (Å²) in [5, 5.41) is 2.98. The SMILES string of the molecule is CCN(CC)c1ccc(S(=O)(=O)N2CCOCC2)cc1NC(=O)CC1C=CCC1. The number of carbonyl (C=O) groups excluding carboxylic acids is 1. The lowest BCUT2D eigenvalue weighted by Crippen LogP contribution is -2.40. The second kappa shape index (κ2) is 9.73. The lowest BCUT2D eigenvalue weighted by Gasteiger charge is -2.28. The van der Waals surface area contributed by atoms with Gasteiger partial charge < -0.3 is 15.0 Å². The first-order valence-corrected chi connectivity index (χ1v) is 11.8. The predicted molar refractivity (Wildman–Crippen MR) is 115 cm³/mol. The van der Waals surface area contributed by atoms with E-state index in [-0.39, 0.29) is 16.7 Å². The molecule has 1 amide bonds. The second-order valence-electron chi connectivity index (χ2n) is 7.39. The molecule has 1 saturated heterocycles. The fourth-order valence-electron chi connectivity index (χ4n) is 3.86. The second-order valence-corrected chi connectivity index (χ2v) is 9.32. The number of rotatable bonds is 8. The van der Waals surface area contributed by atoms with Crippen LogP contribution in [0.5, 0.6) is 0 Å². The quantitative estimate of drug-likeness (QED) is 0.653. The molecule has 1 aliphatic heterocycles. The molecule has 3 rings (SSSR count). The van der Waals surface area contributed by atoms with Gasteiger partial charge in [0.1, 0.15) is 0 Å². The topological polar surface area (TPSA) is 79.0 Å². The third-order valence-electron chi connectivity index (χ3n) is 5.51. The van der Waals surface area contributed by atoms with E-state index in [1.807, 2.05) is 13.8 Å². The largest absolute Gasteiger partial charge is 0.379 e. The van der Waals surface area contributed by atoms with Crippen LogP contribution in [0.1, 0.15) is 33.1 Å². The first kappa shape index (κ1) is 21.8. The Morgan fingerprint density at radius 3 is 2.59 bits per heavy atom. The minimum Gasteiger partial charge on any atom is -0.379 e. The molecule has 1 aromatic carbocycles. The Bertz CT molecular complexity index is 843. The van der Waals surface area contributed by atoms with E-state index in [0.717, 1.165) is 31.6 Å². The van der Waals surface area contributed by atoms with E-state index in [4.69, 9.17) is 4.74 Å². The number of nitrogens with zero attached hydrogens (tertiary/aromatic N) is 2. The Hall–Kier alpha value is -1.90. The van der Waals surface area contributed by atoms with Crippen molar-refractivity contribution >= 4 is 27.3 Å². The highest BCUT2D eigenvalue weighted by Crippen LogP contribution is 2.31. The van der Waals surface area contributed by atoms with Gasteiger partial charge in [0.2, 0.25) is 15.9 Å². The van der Waals surface area contributed by atoms with E-state index in [0.29, 0.717) is 38.4 Å². The molecule has 1 fully saturated rings. The van der Waals surface area contributed by atoms with Gasteiger partial charge in [-0.1, -0.05) is 12.2 Å². The van der Waals surface area contributed by atoms with Crippen LogP contribution in [0, 0.1) is 5.92 Å². The summed E-state index contributed by atoms with van der Waals surface area (Å²) < 4.78 is 32.8. The minimum absolute atomic E-state index is 0.0872. The summed E-state index contributed by atoms with van der Waals surface area (Å²) in [5.41, 5.74) is 1.39. The van der Waals surface area contributed by atoms with Crippen molar-refractivity contribution in [2.24, 2.45) is 5.92 Å². The average molecular weight is 422 g/mol. The van der Waals surface area contributed by atoms with Crippen LogP contribution in [-0.2, 0) is 19.6 Å². The predicted octanol–water partition coefficient (Wildman–Crippen LogP) is 2.85. The zero-order valence-electron chi connectivity index (χ0n) is 17.3. The van der Waals surface area contributed by atoms with Gasteiger partial charge >= 0.3 is 0 Å². The maximum atomic E-state index is 13.1. The van der Waals surface area contributed by atoms with Crippen molar-refractivity contribution in [3.63, 3.8) is 0 Å². The molecule has 1 heterocycles. The van der Waals surface area contributed by atoms with Crippen LogP contribution < -0.4 is 10.2 Å². The number of allylic oxidation sites excluding steroid dienone is 2. The molecule has 7 nitrogen and oxygen atoms in total. The third-order valence-corrected chi connectivity index (χ3v) is 7.41. The Morgan fingerprint density at radius 1 is 1.24 bits per heavy atom. The molecule has 160 valence electrons. The Balaban J connectivity index is 1.88. The van der Waals surface area contributed by atoms with E-state index in [2.05, 4.69) is 22.4 Å². The molecule has 8 heteroatoms. The molecule has 0 bridgehead atoms. The van der Waals surface area contributed by atoms with E-state index in [1.54, 1.807) is 18.2 Å². The van der Waals surface area contributed by atoms with Gasteiger partial charge in [-0.05, 0) is 50.8 Å². The van der Waals surface area contributed by atoms with Gasteiger partial charge in [0, 0.05) is 32.6 Å². The highest BCUT2D eigenvalue weighted by atomic mass is 32.2. The van der Waals surface area contributed by atoms with Crippen molar-refractivity contribution in [3.8, 4) is 0 Å². The number of morpholine rings is 1. The fourth-order valence-corrected chi connectivity index (χ4v) is 5.29. The summed E-state index contributed by atoms with van der Waals surface area (Å²) in [7, 11) is -3.63. The molecular formula is C21H31N3O4S. The first-order chi connectivity index (χ1) is 14.0. The van der Waals surface area contributed by atoms with Gasteiger partial charge in [-0.15, -0.1) is 0 Å². The number of carbonyl (C=O) groups is 1. The molecule has 0 radical (unpaired) electrons. The summed E-state index contributed by atoms with van der Waals surface area (Å²) in [6.07, 6.45) is 6.60. The minimum atomic E-state index is -3.63. The van der Waals surface area contributed by atoms with E-state index in [9.17, 15) is 13.2 Å². The van der Waals surface area contributed by atoms with E-state index in [1.165, 1.54) is 4.31 Å². The van der Waals surface area contributed by atoms with Crippen molar-refractivity contribution in [1.82, 2.24) is 4.31 Å². The third kappa shape index (κ3) is 5.18. The number of hydrogen-bond acceptors (Lipinski definition) is 5. The molecule has 1 atom stereocenters. The Morgan fingerprint density at radius 2 is 1.97 bits per heavy atom. The molecule has 1 unspecified atom stereocenters. The first-order valence-electron chi connectivity index (χ1n) is 10.4. The van der Waals surface area contributed by atoms with Crippen molar-refractivity contribution in [3.05, 3.63) is 30.4 Å². The van der Waals surface area contributed by atoms with Gasteiger partial charge in [0.15, 0.2) is 0 Å². The van der Waals surface area contributed by atoms with Gasteiger partial charge in [-0.25, -0.2) is 8.42 Å². The highest BCUT2D eigenvalue weighted by molar-refractivity contribution is 7.89. The van der Waals surface area contributed by atoms with E-state index < -0.39 is 10.0 Å². The normalized spacial score (nSPS) is 20.0. The molecule has 0 spiro atoms. The summed E-state index contributed by atoms with van der Waals surface area (Å²) in [6.45, 7) is 7.09. The molecule has 2 aliphatic rings. The van der Waals surface area contributed by atoms with Crippen molar-refractivity contribution < 1.29 is 17.9 Å². The molecule has 1 aliphatic carbocycles. The smallest absolute Gasteiger partial charge is 0.243 e. The lowest BCUT2D eigenvalue weighted by atomic mass is 10.0. The highest BCUT2D eigenvalue weighted by Gasteiger charge is 2.27. The number of sulfonamides is 1. The number of benzene rings is 1. The molecule has 29 heavy (non-hydrogen) atoms. The molecular weight excluding hydrogens is 390 g/mol. The van der Waals surface area contributed by atoms with Crippen LogP contribution in [-0.4, -0.2) is 58.0 Å². The standard InChI is InChI=1S/C21H31N3O4S/c1-3-23(4-2)20-10-9-18(29(26,27)24-11-13-28-14-12-24)16-19(20)22-21(25)15-17-7-5-6-8-17/h5,7,9-10,16-17H,3-4,6,8,11-15H2,1-2H3,(H,22,25). The van der Waals surface area contributed by atoms with Gasteiger partial charge in [0.25, 0.3) is 0 Å². The van der Waals surface area contributed by atoms with Crippen LogP contribution in [0.15, 0.2) is 35.2 Å². The molecule has 1 N–H and O–H groups in total. The van der Waals surface area contributed by atoms with Crippen LogP contribution >= 0.6 is 0 Å². The van der Waals surface area contributed by atoms with Crippen LogP contribution in [0.25, 0.3) is 0 Å². The number of ether oxygens (including phenoxy) is 1. The maximum Gasteiger partial charge on any atom is 0.243 e. The van der Waals surface area contributed by atoms with Crippen LogP contribution in [0.3, 0.4) is 0 Å². The number of hydrogen-bond donors (Lipinski definition) is 1. The van der Waals surface area contributed by atoms with Gasteiger partial charge in [0.05, 0.1) is 29.5 Å². The van der Waals surface area contributed by atoms with Gasteiger partial charge in [-0.3, -0.25) is 4.79 Å². The fraction of sp³-hybridized carbons (Fsp3) is 0.571. The van der Waals surface area contributed by atoms with E-state index >= 15 is 0 Å². The lowest BCUT2D eigenvalue weighted by molar-refractivity contribution is -0.116. The van der Waals surface area contributed by atoms with Gasteiger partial charge in [-0.2, -0.15) is 4.31 Å². The van der Waals surface area contributed by atoms with Crippen molar-refractivity contribution in [1.29, 1.82) is 0 Å². The maximum absolute atomic E-state index is 13.1. The zero-order chi connectivity index (χ0) is 20.9. The Labute approximate surface area is 173 Å².